The molecule has 0 saturated heterocycles. The topological polar surface area (TPSA) is 35.5 Å². The summed E-state index contributed by atoms with van der Waals surface area (Å²) >= 11 is 0. The Balaban J connectivity index is 2.28. The van der Waals surface area contributed by atoms with Gasteiger partial charge in [-0.25, -0.2) is 4.79 Å². The summed E-state index contributed by atoms with van der Waals surface area (Å²) in [4.78, 5) is 11.9. The van der Waals surface area contributed by atoms with E-state index in [1.54, 1.807) is 0 Å². The molecule has 0 spiro atoms. The van der Waals surface area contributed by atoms with Crippen molar-refractivity contribution in [3.8, 4) is 0 Å². The van der Waals surface area contributed by atoms with Gasteiger partial charge in [0.05, 0.1) is 12.7 Å². The number of methoxy groups -OCH3 is 1. The summed E-state index contributed by atoms with van der Waals surface area (Å²) in [5.41, 5.74) is 2.86. The Morgan fingerprint density at radius 1 is 1.30 bits per heavy atom. The summed E-state index contributed by atoms with van der Waals surface area (Å²) in [5, 5.41) is 0. The number of ether oxygens (including phenoxy) is 2. The van der Waals surface area contributed by atoms with Crippen LogP contribution in [0.4, 0.5) is 0 Å². The van der Waals surface area contributed by atoms with Crippen molar-refractivity contribution >= 4 is 11.5 Å². The first-order valence-corrected chi connectivity index (χ1v) is 6.96. The highest BCUT2D eigenvalue weighted by Crippen LogP contribution is 2.28. The number of rotatable bonds is 5. The molecule has 0 unspecified atom stereocenters. The van der Waals surface area contributed by atoms with Gasteiger partial charge in [-0.05, 0) is 24.5 Å². The van der Waals surface area contributed by atoms with E-state index >= 15 is 0 Å². The number of hydrogen-bond donors (Lipinski definition) is 0. The summed E-state index contributed by atoms with van der Waals surface area (Å²) in [5.74, 6) is 0.364. The second kappa shape index (κ2) is 6.94. The summed E-state index contributed by atoms with van der Waals surface area (Å²) in [7, 11) is 1.41. The molecule has 20 heavy (non-hydrogen) atoms. The van der Waals surface area contributed by atoms with Crippen LogP contribution in [0.1, 0.15) is 31.7 Å². The summed E-state index contributed by atoms with van der Waals surface area (Å²) in [6.45, 7) is 2.60. The largest absolute Gasteiger partial charge is 0.488 e. The molecule has 0 N–H and O–H groups in total. The van der Waals surface area contributed by atoms with Crippen LogP contribution in [0.25, 0.3) is 5.57 Å². The Morgan fingerprint density at radius 3 is 2.70 bits per heavy atom. The van der Waals surface area contributed by atoms with E-state index in [1.165, 1.54) is 7.11 Å². The predicted molar refractivity (Wildman–Crippen MR) is 78.9 cm³/mol. The lowest BCUT2D eigenvalue weighted by Crippen LogP contribution is -2.08. The predicted octanol–water partition coefficient (Wildman–Crippen LogP) is 3.72. The first-order chi connectivity index (χ1) is 9.76. The maximum absolute atomic E-state index is 11.9. The molecule has 1 aliphatic heterocycles. The molecule has 2 rings (SSSR count). The maximum atomic E-state index is 11.9. The normalized spacial score (nSPS) is 16.4. The Labute approximate surface area is 119 Å². The van der Waals surface area contributed by atoms with E-state index in [1.807, 2.05) is 36.4 Å². The molecule has 0 atom stereocenters. The fourth-order valence-electron chi connectivity index (χ4n) is 2.19. The quantitative estimate of drug-likeness (QED) is 0.605. The number of carbonyl (C=O) groups excluding carboxylic acids is 1. The lowest BCUT2D eigenvalue weighted by atomic mass is 10.0. The third-order valence-corrected chi connectivity index (χ3v) is 3.34. The second-order valence-corrected chi connectivity index (χ2v) is 4.76. The second-order valence-electron chi connectivity index (χ2n) is 4.76. The monoisotopic (exact) mass is 272 g/mol. The van der Waals surface area contributed by atoms with Gasteiger partial charge in [0, 0.05) is 5.57 Å². The first kappa shape index (κ1) is 14.4. The van der Waals surface area contributed by atoms with Crippen LogP contribution in [0.15, 0.2) is 47.7 Å². The van der Waals surface area contributed by atoms with Gasteiger partial charge >= 0.3 is 5.97 Å². The average molecular weight is 272 g/mol. The Hall–Kier alpha value is -2.03. The molecule has 1 aromatic carbocycles. The highest BCUT2D eigenvalue weighted by molar-refractivity contribution is 5.90. The zero-order chi connectivity index (χ0) is 14.4. The lowest BCUT2D eigenvalue weighted by molar-refractivity contribution is -0.136. The van der Waals surface area contributed by atoms with Crippen LogP contribution in [0.2, 0.25) is 0 Å². The van der Waals surface area contributed by atoms with Crippen molar-refractivity contribution in [2.45, 2.75) is 26.2 Å². The van der Waals surface area contributed by atoms with E-state index in [-0.39, 0.29) is 5.97 Å². The number of hydrogen-bond acceptors (Lipinski definition) is 3. The summed E-state index contributed by atoms with van der Waals surface area (Å²) < 4.78 is 10.5. The van der Waals surface area contributed by atoms with Crippen LogP contribution >= 0.6 is 0 Å². The van der Waals surface area contributed by atoms with Crippen molar-refractivity contribution in [3.05, 3.63) is 53.3 Å². The van der Waals surface area contributed by atoms with Crippen LogP contribution in [-0.2, 0) is 14.3 Å². The molecule has 3 nitrogen and oxygen atoms in total. The van der Waals surface area contributed by atoms with Gasteiger partial charge in [0.15, 0.2) is 0 Å². The molecule has 0 radical (unpaired) electrons. The minimum atomic E-state index is -0.293. The molecule has 3 heteroatoms. The van der Waals surface area contributed by atoms with Gasteiger partial charge in [0.2, 0.25) is 0 Å². The van der Waals surface area contributed by atoms with Gasteiger partial charge in [-0.2, -0.15) is 0 Å². The molecule has 1 aromatic rings. The van der Waals surface area contributed by atoms with Crippen LogP contribution in [0, 0.1) is 0 Å². The molecule has 0 saturated carbocycles. The molecule has 0 bridgehead atoms. The Kier molecular flexibility index (Phi) is 4.99. The number of allylic oxidation sites excluding steroid dienone is 1. The molecule has 0 aliphatic carbocycles. The molecular weight excluding hydrogens is 252 g/mol. The van der Waals surface area contributed by atoms with Crippen LogP contribution < -0.4 is 0 Å². The minimum Gasteiger partial charge on any atom is -0.488 e. The minimum absolute atomic E-state index is 0.293. The number of carbonyl (C=O) groups is 1. The summed E-state index contributed by atoms with van der Waals surface area (Å²) in [6.07, 6.45) is 4.63. The smallest absolute Gasteiger partial charge is 0.337 e. The van der Waals surface area contributed by atoms with Crippen molar-refractivity contribution in [3.63, 3.8) is 0 Å². The van der Waals surface area contributed by atoms with E-state index in [0.717, 1.165) is 24.0 Å². The molecule has 106 valence electrons. The van der Waals surface area contributed by atoms with Gasteiger partial charge in [-0.1, -0.05) is 43.7 Å². The fraction of sp³-hybridized carbons (Fsp3) is 0.353. The molecule has 0 amide bonds. The third-order valence-electron chi connectivity index (χ3n) is 3.34. The standard InChI is InChI=1S/C17H20O3/c1-3-4-10-15(17(18)19-2)16-11-14(12-20-16)13-8-6-5-7-9-13/h5-9,11H,3-4,10,12H2,1-2H3/b16-15+. The molecule has 1 heterocycles. The van der Waals surface area contributed by atoms with E-state index in [9.17, 15) is 4.79 Å². The van der Waals surface area contributed by atoms with Gasteiger partial charge in [0.1, 0.15) is 12.4 Å². The van der Waals surface area contributed by atoms with Gasteiger partial charge < -0.3 is 9.47 Å². The van der Waals surface area contributed by atoms with E-state index < -0.39 is 0 Å². The SMILES string of the molecule is CCCC/C(C(=O)OC)=C1/C=C(c2ccccc2)CO1. The number of unbranched alkanes of at least 4 members (excludes halogenated alkanes) is 1. The van der Waals surface area contributed by atoms with Crippen molar-refractivity contribution in [2.24, 2.45) is 0 Å². The maximum Gasteiger partial charge on any atom is 0.337 e. The van der Waals surface area contributed by atoms with E-state index in [2.05, 4.69) is 6.92 Å². The van der Waals surface area contributed by atoms with Gasteiger partial charge in [0.25, 0.3) is 0 Å². The third kappa shape index (κ3) is 3.29. The van der Waals surface area contributed by atoms with Crippen LogP contribution in [-0.4, -0.2) is 19.7 Å². The van der Waals surface area contributed by atoms with Crippen molar-refractivity contribution in [1.82, 2.24) is 0 Å². The highest BCUT2D eigenvalue weighted by atomic mass is 16.5. The lowest BCUT2D eigenvalue weighted by Gasteiger charge is -2.07. The van der Waals surface area contributed by atoms with Gasteiger partial charge in [-0.15, -0.1) is 0 Å². The molecule has 1 aliphatic rings. The zero-order valence-electron chi connectivity index (χ0n) is 12.0. The Morgan fingerprint density at radius 2 is 2.05 bits per heavy atom. The van der Waals surface area contributed by atoms with Crippen LogP contribution in [0.5, 0.6) is 0 Å². The summed E-state index contributed by atoms with van der Waals surface area (Å²) in [6, 6.07) is 10.1. The molecular formula is C17H20O3. The zero-order valence-corrected chi connectivity index (χ0v) is 12.0. The Bertz CT molecular complexity index is 526. The van der Waals surface area contributed by atoms with E-state index in [0.29, 0.717) is 24.4 Å². The van der Waals surface area contributed by atoms with Gasteiger partial charge in [-0.3, -0.25) is 0 Å². The number of esters is 1. The van der Waals surface area contributed by atoms with Crippen molar-refractivity contribution in [1.29, 1.82) is 0 Å². The average Bonchev–Trinajstić information content (AvgIpc) is 2.98. The number of benzene rings is 1. The van der Waals surface area contributed by atoms with Crippen LogP contribution in [0.3, 0.4) is 0 Å². The van der Waals surface area contributed by atoms with E-state index in [4.69, 9.17) is 9.47 Å². The molecule has 0 fully saturated rings. The molecule has 0 aromatic heterocycles. The highest BCUT2D eigenvalue weighted by Gasteiger charge is 2.21. The first-order valence-electron chi connectivity index (χ1n) is 6.96. The van der Waals surface area contributed by atoms with Crippen molar-refractivity contribution < 1.29 is 14.3 Å². The fourth-order valence-corrected chi connectivity index (χ4v) is 2.19. The van der Waals surface area contributed by atoms with Crippen molar-refractivity contribution in [2.75, 3.05) is 13.7 Å².